The van der Waals surface area contributed by atoms with E-state index < -0.39 is 22.0 Å². The average molecular weight is 262 g/mol. The maximum Gasteiger partial charge on any atom is 0.321 e. The molecule has 0 radical (unpaired) electrons. The smallest absolute Gasteiger partial charge is 0.321 e. The first-order valence-electron chi connectivity index (χ1n) is 4.84. The summed E-state index contributed by atoms with van der Waals surface area (Å²) in [5.41, 5.74) is 0.256. The van der Waals surface area contributed by atoms with Crippen molar-refractivity contribution in [3.05, 3.63) is 17.5 Å². The van der Waals surface area contributed by atoms with Gasteiger partial charge < -0.3 is 9.63 Å². The van der Waals surface area contributed by atoms with Gasteiger partial charge in [0, 0.05) is 13.1 Å². The molecular formula is C9H14N2O5S. The molecule has 0 aliphatic rings. The Hall–Kier alpha value is -1.41. The van der Waals surface area contributed by atoms with E-state index in [1.54, 1.807) is 6.92 Å². The summed E-state index contributed by atoms with van der Waals surface area (Å²) in [7, 11) is -2.49. The van der Waals surface area contributed by atoms with Crippen LogP contribution in [0.15, 0.2) is 10.6 Å². The molecule has 0 spiro atoms. The molecule has 0 aliphatic carbocycles. The lowest BCUT2D eigenvalue weighted by Gasteiger charge is -2.20. The predicted molar refractivity (Wildman–Crippen MR) is 58.7 cm³/mol. The van der Waals surface area contributed by atoms with E-state index in [1.807, 2.05) is 0 Å². The number of sulfonamides is 1. The number of hydrogen-bond acceptors (Lipinski definition) is 5. The van der Waals surface area contributed by atoms with Gasteiger partial charge in [-0.25, -0.2) is 8.42 Å². The quantitative estimate of drug-likeness (QED) is 0.814. The van der Waals surface area contributed by atoms with Crippen molar-refractivity contribution in [3.63, 3.8) is 0 Å². The minimum atomic E-state index is -3.71. The van der Waals surface area contributed by atoms with Crippen LogP contribution in [0.5, 0.6) is 0 Å². The summed E-state index contributed by atoms with van der Waals surface area (Å²) >= 11 is 0. The highest BCUT2D eigenvalue weighted by molar-refractivity contribution is 7.88. The zero-order valence-corrected chi connectivity index (χ0v) is 10.6. The molecule has 0 aromatic carbocycles. The van der Waals surface area contributed by atoms with Crippen molar-refractivity contribution >= 4 is 16.0 Å². The summed E-state index contributed by atoms with van der Waals surface area (Å²) < 4.78 is 29.2. The molecular weight excluding hydrogens is 248 g/mol. The van der Waals surface area contributed by atoms with Crippen molar-refractivity contribution in [2.45, 2.75) is 25.6 Å². The number of likely N-dealkylation sites (N-methyl/N-ethyl adjacent to an activating group) is 1. The number of aliphatic carboxylic acids is 1. The van der Waals surface area contributed by atoms with Crippen molar-refractivity contribution < 1.29 is 22.8 Å². The zero-order chi connectivity index (χ0) is 13.2. The molecule has 1 atom stereocenters. The summed E-state index contributed by atoms with van der Waals surface area (Å²) in [6.07, 6.45) is 0. The van der Waals surface area contributed by atoms with E-state index in [0.717, 1.165) is 4.31 Å². The molecule has 1 aromatic heterocycles. The zero-order valence-electron chi connectivity index (χ0n) is 9.74. The van der Waals surface area contributed by atoms with E-state index in [4.69, 9.17) is 9.63 Å². The highest BCUT2D eigenvalue weighted by Gasteiger charge is 2.28. The van der Waals surface area contributed by atoms with Crippen LogP contribution < -0.4 is 0 Å². The van der Waals surface area contributed by atoms with Crippen molar-refractivity contribution in [2.75, 3.05) is 7.05 Å². The van der Waals surface area contributed by atoms with E-state index in [0.29, 0.717) is 5.76 Å². The Morgan fingerprint density at radius 1 is 1.65 bits per heavy atom. The second kappa shape index (κ2) is 4.84. The summed E-state index contributed by atoms with van der Waals surface area (Å²) in [5.74, 6) is -1.07. The summed E-state index contributed by atoms with van der Waals surface area (Å²) in [5, 5.41) is 12.3. The summed E-state index contributed by atoms with van der Waals surface area (Å²) in [4.78, 5) is 10.7. The largest absolute Gasteiger partial charge is 0.480 e. The normalized spacial score (nSPS) is 13.9. The molecule has 0 saturated carbocycles. The minimum Gasteiger partial charge on any atom is -0.480 e. The van der Waals surface area contributed by atoms with Crippen LogP contribution in [0, 0.1) is 6.92 Å². The van der Waals surface area contributed by atoms with E-state index in [1.165, 1.54) is 20.0 Å². The van der Waals surface area contributed by atoms with Gasteiger partial charge in [-0.2, -0.15) is 4.31 Å². The van der Waals surface area contributed by atoms with Crippen LogP contribution in [-0.2, 0) is 20.6 Å². The first kappa shape index (κ1) is 13.7. The molecule has 0 amide bonds. The average Bonchev–Trinajstić information content (AvgIpc) is 2.60. The number of carboxylic acids is 1. The Morgan fingerprint density at radius 3 is 2.65 bits per heavy atom. The first-order chi connectivity index (χ1) is 7.74. The third kappa shape index (κ3) is 3.27. The lowest BCUT2D eigenvalue weighted by Crippen LogP contribution is -2.40. The molecule has 1 unspecified atom stereocenters. The Balaban J connectivity index is 2.85. The molecule has 8 heteroatoms. The maximum absolute atomic E-state index is 11.8. The first-order valence-corrected chi connectivity index (χ1v) is 6.45. The Kier molecular flexibility index (Phi) is 3.89. The van der Waals surface area contributed by atoms with Gasteiger partial charge in [-0.1, -0.05) is 5.16 Å². The number of aryl methyl sites for hydroxylation is 1. The molecule has 0 saturated heterocycles. The molecule has 0 bridgehead atoms. The van der Waals surface area contributed by atoms with Crippen molar-refractivity contribution in [1.82, 2.24) is 9.46 Å². The highest BCUT2D eigenvalue weighted by Crippen LogP contribution is 2.12. The molecule has 1 N–H and O–H groups in total. The van der Waals surface area contributed by atoms with E-state index in [9.17, 15) is 13.2 Å². The van der Waals surface area contributed by atoms with Gasteiger partial charge in [0.15, 0.2) is 0 Å². The van der Waals surface area contributed by atoms with Crippen LogP contribution in [0.3, 0.4) is 0 Å². The van der Waals surface area contributed by atoms with Crippen molar-refractivity contribution in [1.29, 1.82) is 0 Å². The van der Waals surface area contributed by atoms with Crippen molar-refractivity contribution in [3.8, 4) is 0 Å². The second-order valence-electron chi connectivity index (χ2n) is 3.72. The lowest BCUT2D eigenvalue weighted by atomic mass is 10.4. The fourth-order valence-electron chi connectivity index (χ4n) is 1.17. The Labute approximate surface area is 99.1 Å². The third-order valence-electron chi connectivity index (χ3n) is 2.35. The molecule has 1 heterocycles. The number of carbonyl (C=O) groups is 1. The van der Waals surface area contributed by atoms with Gasteiger partial charge in [0.25, 0.3) is 0 Å². The van der Waals surface area contributed by atoms with Crippen LogP contribution in [0.1, 0.15) is 18.4 Å². The summed E-state index contributed by atoms with van der Waals surface area (Å²) in [6, 6.07) is 0.379. The minimum absolute atomic E-state index is 0.256. The number of nitrogens with zero attached hydrogens (tertiary/aromatic N) is 2. The molecule has 1 aromatic rings. The fraction of sp³-hybridized carbons (Fsp3) is 0.556. The Morgan fingerprint density at radius 2 is 2.24 bits per heavy atom. The van der Waals surface area contributed by atoms with Gasteiger partial charge in [0.2, 0.25) is 10.0 Å². The van der Waals surface area contributed by atoms with Crippen LogP contribution in [0.2, 0.25) is 0 Å². The lowest BCUT2D eigenvalue weighted by molar-refractivity contribution is -0.140. The van der Waals surface area contributed by atoms with E-state index in [2.05, 4.69) is 5.16 Å². The van der Waals surface area contributed by atoms with Crippen LogP contribution >= 0.6 is 0 Å². The molecule has 7 nitrogen and oxygen atoms in total. The molecule has 96 valence electrons. The van der Waals surface area contributed by atoms with Gasteiger partial charge in [0.05, 0.1) is 0 Å². The van der Waals surface area contributed by atoms with Gasteiger partial charge in [0.1, 0.15) is 23.2 Å². The van der Waals surface area contributed by atoms with E-state index >= 15 is 0 Å². The predicted octanol–water partition coefficient (Wildman–Crippen LogP) is 0.218. The number of carboxylic acid groups (broad SMARTS) is 1. The molecule has 1 rings (SSSR count). The summed E-state index contributed by atoms with van der Waals surface area (Å²) in [6.45, 7) is 2.95. The van der Waals surface area contributed by atoms with Gasteiger partial charge >= 0.3 is 5.97 Å². The van der Waals surface area contributed by atoms with Crippen LogP contribution in [0.4, 0.5) is 0 Å². The van der Waals surface area contributed by atoms with Gasteiger partial charge in [-0.05, 0) is 13.8 Å². The SMILES string of the molecule is Cc1cc(CS(=O)(=O)N(C)C(C)C(=O)O)no1. The number of rotatable bonds is 5. The highest BCUT2D eigenvalue weighted by atomic mass is 32.2. The topological polar surface area (TPSA) is 101 Å². The number of hydrogen-bond donors (Lipinski definition) is 1. The van der Waals surface area contributed by atoms with E-state index in [-0.39, 0.29) is 11.4 Å². The second-order valence-corrected chi connectivity index (χ2v) is 5.74. The molecule has 17 heavy (non-hydrogen) atoms. The fourth-order valence-corrected chi connectivity index (χ4v) is 2.46. The van der Waals surface area contributed by atoms with Gasteiger partial charge in [-0.3, -0.25) is 4.79 Å². The molecule has 0 fully saturated rings. The Bertz CT molecular complexity index is 507. The van der Waals surface area contributed by atoms with Gasteiger partial charge in [-0.15, -0.1) is 0 Å². The standard InChI is InChI=1S/C9H14N2O5S/c1-6-4-8(10-16-6)5-17(14,15)11(3)7(2)9(12)13/h4,7H,5H2,1-3H3,(H,12,13). The third-order valence-corrected chi connectivity index (χ3v) is 4.20. The monoisotopic (exact) mass is 262 g/mol. The number of aromatic nitrogens is 1. The van der Waals surface area contributed by atoms with Crippen molar-refractivity contribution in [2.24, 2.45) is 0 Å². The molecule has 0 aliphatic heterocycles. The van der Waals surface area contributed by atoms with Crippen LogP contribution in [0.25, 0.3) is 0 Å². The van der Waals surface area contributed by atoms with Crippen LogP contribution in [-0.4, -0.2) is 42.0 Å². The maximum atomic E-state index is 11.8.